The van der Waals surface area contributed by atoms with Gasteiger partial charge in [0, 0.05) is 44.9 Å². The van der Waals surface area contributed by atoms with E-state index in [0.717, 1.165) is 58.0 Å². The monoisotopic (exact) mass is 372 g/mol. The lowest BCUT2D eigenvalue weighted by atomic mass is 10.0. The average molecular weight is 372 g/mol. The van der Waals surface area contributed by atoms with Crippen molar-refractivity contribution in [1.29, 1.82) is 0 Å². The van der Waals surface area contributed by atoms with E-state index in [4.69, 9.17) is 13.9 Å². The van der Waals surface area contributed by atoms with Crippen LogP contribution in [0.1, 0.15) is 36.8 Å². The molecule has 1 saturated heterocycles. The van der Waals surface area contributed by atoms with E-state index in [1.807, 2.05) is 17.0 Å². The molecule has 0 N–H and O–H groups in total. The Morgan fingerprint density at radius 2 is 2.11 bits per heavy atom. The van der Waals surface area contributed by atoms with Gasteiger partial charge in [0.1, 0.15) is 5.76 Å². The first-order valence-electron chi connectivity index (χ1n) is 9.91. The lowest BCUT2D eigenvalue weighted by Crippen LogP contribution is -2.41. The van der Waals surface area contributed by atoms with Gasteiger partial charge in [-0.3, -0.25) is 4.79 Å². The van der Waals surface area contributed by atoms with Crippen LogP contribution in [0.3, 0.4) is 0 Å². The second-order valence-electron chi connectivity index (χ2n) is 7.51. The highest BCUT2D eigenvalue weighted by atomic mass is 16.5. The Bertz CT molecular complexity index is 718. The summed E-state index contributed by atoms with van der Waals surface area (Å²) in [5, 5.41) is 0. The first kappa shape index (κ1) is 18.3. The zero-order chi connectivity index (χ0) is 18.5. The van der Waals surface area contributed by atoms with E-state index >= 15 is 0 Å². The molecule has 27 heavy (non-hydrogen) atoms. The Balaban J connectivity index is 1.30. The lowest BCUT2D eigenvalue weighted by molar-refractivity contribution is -0.132. The molecular formula is C21H28N2O4. The van der Waals surface area contributed by atoms with Crippen LogP contribution in [0.15, 0.2) is 41.1 Å². The van der Waals surface area contributed by atoms with Crippen LogP contribution in [0, 0.1) is 5.92 Å². The van der Waals surface area contributed by atoms with Gasteiger partial charge in [-0.1, -0.05) is 0 Å². The van der Waals surface area contributed by atoms with Crippen LogP contribution in [0.2, 0.25) is 0 Å². The number of nitrogens with zero attached hydrogens (tertiary/aromatic N) is 2. The molecule has 2 aliphatic rings. The molecule has 146 valence electrons. The zero-order valence-electron chi connectivity index (χ0n) is 15.7. The third-order valence-corrected chi connectivity index (χ3v) is 5.59. The second-order valence-corrected chi connectivity index (χ2v) is 7.51. The molecule has 1 atom stereocenters. The van der Waals surface area contributed by atoms with Crippen LogP contribution in [0.5, 0.6) is 0 Å². The molecule has 6 heteroatoms. The van der Waals surface area contributed by atoms with Crippen molar-refractivity contribution in [3.05, 3.63) is 48.2 Å². The minimum Gasteiger partial charge on any atom is -0.469 e. The van der Waals surface area contributed by atoms with Crippen molar-refractivity contribution in [2.24, 2.45) is 5.92 Å². The third kappa shape index (κ3) is 4.62. The predicted octanol–water partition coefficient (Wildman–Crippen LogP) is 3.04. The summed E-state index contributed by atoms with van der Waals surface area (Å²) in [5.41, 5.74) is 1.18. The number of aromatic nitrogens is 1. The summed E-state index contributed by atoms with van der Waals surface area (Å²) in [6.45, 7) is 4.63. The molecule has 6 nitrogen and oxygen atoms in total. The van der Waals surface area contributed by atoms with Crippen molar-refractivity contribution >= 4 is 5.91 Å². The largest absolute Gasteiger partial charge is 0.469 e. The maximum Gasteiger partial charge on any atom is 0.230 e. The fraction of sp³-hybridized carbons (Fsp3) is 0.571. The Labute approximate surface area is 160 Å². The van der Waals surface area contributed by atoms with Crippen LogP contribution < -0.4 is 0 Å². The molecule has 2 aromatic rings. The molecule has 1 amide bonds. The van der Waals surface area contributed by atoms with Crippen molar-refractivity contribution in [2.75, 3.05) is 33.0 Å². The highest BCUT2D eigenvalue weighted by molar-refractivity contribution is 5.78. The van der Waals surface area contributed by atoms with E-state index in [1.165, 1.54) is 5.69 Å². The van der Waals surface area contributed by atoms with Crippen molar-refractivity contribution in [3.63, 3.8) is 0 Å². The number of amides is 1. The summed E-state index contributed by atoms with van der Waals surface area (Å²) in [5.74, 6) is 1.46. The molecule has 0 bridgehead atoms. The minimum atomic E-state index is 0.116. The smallest absolute Gasteiger partial charge is 0.230 e. The molecule has 4 heterocycles. The molecule has 0 spiro atoms. The van der Waals surface area contributed by atoms with E-state index in [9.17, 15) is 4.79 Å². The quantitative estimate of drug-likeness (QED) is 0.701. The van der Waals surface area contributed by atoms with Crippen molar-refractivity contribution < 1.29 is 18.7 Å². The van der Waals surface area contributed by atoms with Gasteiger partial charge < -0.3 is 23.4 Å². The molecule has 0 unspecified atom stereocenters. The Morgan fingerprint density at radius 3 is 2.93 bits per heavy atom. The first-order chi connectivity index (χ1) is 13.3. The van der Waals surface area contributed by atoms with E-state index in [2.05, 4.69) is 22.9 Å². The second kappa shape index (κ2) is 8.76. The van der Waals surface area contributed by atoms with Gasteiger partial charge in [-0.25, -0.2) is 0 Å². The fourth-order valence-corrected chi connectivity index (χ4v) is 4.00. The number of fused-ring (bicyclic) bond motifs is 1. The Morgan fingerprint density at radius 1 is 1.22 bits per heavy atom. The molecule has 4 rings (SSSR count). The molecule has 1 fully saturated rings. The van der Waals surface area contributed by atoms with Gasteiger partial charge in [0.25, 0.3) is 0 Å². The van der Waals surface area contributed by atoms with Crippen molar-refractivity contribution in [2.45, 2.75) is 38.3 Å². The molecule has 0 radical (unpaired) electrons. The Kier molecular flexibility index (Phi) is 5.94. The average Bonchev–Trinajstić information content (AvgIpc) is 3.37. The van der Waals surface area contributed by atoms with Crippen LogP contribution in [0.25, 0.3) is 0 Å². The summed E-state index contributed by atoms with van der Waals surface area (Å²) in [6.07, 6.45) is 7.16. The minimum absolute atomic E-state index is 0.116. The van der Waals surface area contributed by atoms with Gasteiger partial charge in [-0.2, -0.15) is 0 Å². The maximum atomic E-state index is 12.7. The summed E-state index contributed by atoms with van der Waals surface area (Å²) in [7, 11) is 0. The van der Waals surface area contributed by atoms with Crippen LogP contribution >= 0.6 is 0 Å². The van der Waals surface area contributed by atoms with E-state index in [0.29, 0.717) is 18.9 Å². The van der Waals surface area contributed by atoms with E-state index in [1.54, 1.807) is 6.26 Å². The van der Waals surface area contributed by atoms with E-state index < -0.39 is 0 Å². The predicted molar refractivity (Wildman–Crippen MR) is 100 cm³/mol. The lowest BCUT2D eigenvalue weighted by Gasteiger charge is -2.35. The molecular weight excluding hydrogens is 344 g/mol. The van der Waals surface area contributed by atoms with Gasteiger partial charge in [-0.05, 0) is 49.4 Å². The number of hydrogen-bond acceptors (Lipinski definition) is 4. The van der Waals surface area contributed by atoms with E-state index in [-0.39, 0.29) is 11.9 Å². The molecule has 2 aromatic heterocycles. The molecule has 0 saturated carbocycles. The summed E-state index contributed by atoms with van der Waals surface area (Å²) in [4.78, 5) is 14.6. The number of ether oxygens (including phenoxy) is 2. The zero-order valence-corrected chi connectivity index (χ0v) is 15.7. The van der Waals surface area contributed by atoms with Crippen LogP contribution in [-0.4, -0.2) is 48.3 Å². The summed E-state index contributed by atoms with van der Waals surface area (Å²) in [6, 6.07) is 8.10. The molecule has 2 aliphatic heterocycles. The van der Waals surface area contributed by atoms with Gasteiger partial charge >= 0.3 is 0 Å². The van der Waals surface area contributed by atoms with Gasteiger partial charge in [0.05, 0.1) is 25.3 Å². The standard InChI is InChI=1S/C21H28N2O4/c24-21(13-20-4-2-9-27-20)22-14-18-3-1-8-23(18)19(15-22)7-12-26-16-17-5-10-25-11-6-17/h1-4,8-9,17,19H,5-7,10-16H2/t19-/m1/s1. The highest BCUT2D eigenvalue weighted by Crippen LogP contribution is 2.25. The van der Waals surface area contributed by atoms with Gasteiger partial charge in [0.15, 0.2) is 0 Å². The van der Waals surface area contributed by atoms with Gasteiger partial charge in [-0.15, -0.1) is 0 Å². The highest BCUT2D eigenvalue weighted by Gasteiger charge is 2.27. The summed E-state index contributed by atoms with van der Waals surface area (Å²) < 4.78 is 19.0. The van der Waals surface area contributed by atoms with Gasteiger partial charge in [0.2, 0.25) is 5.91 Å². The number of carbonyl (C=O) groups is 1. The molecule has 0 aliphatic carbocycles. The maximum absolute atomic E-state index is 12.7. The molecule has 0 aromatic carbocycles. The van der Waals surface area contributed by atoms with Crippen LogP contribution in [-0.2, 0) is 27.2 Å². The normalized spacial score (nSPS) is 20.6. The number of rotatable bonds is 7. The van der Waals surface area contributed by atoms with Crippen molar-refractivity contribution in [3.8, 4) is 0 Å². The Hall–Kier alpha value is -2.05. The third-order valence-electron chi connectivity index (χ3n) is 5.59. The topological polar surface area (TPSA) is 56.8 Å². The van der Waals surface area contributed by atoms with Crippen molar-refractivity contribution in [1.82, 2.24) is 9.47 Å². The number of hydrogen-bond donors (Lipinski definition) is 0. The first-order valence-corrected chi connectivity index (χ1v) is 9.91. The summed E-state index contributed by atoms with van der Waals surface area (Å²) >= 11 is 0. The fourth-order valence-electron chi connectivity index (χ4n) is 4.00. The SMILES string of the molecule is O=C(Cc1ccco1)N1Cc2cccn2[C@H](CCOCC2CCOCC2)C1. The number of carbonyl (C=O) groups excluding carboxylic acids is 1. The van der Waals surface area contributed by atoms with Crippen LogP contribution in [0.4, 0.5) is 0 Å². The number of furan rings is 1.